The molecule has 0 atom stereocenters. The molecule has 8 heteroatoms. The van der Waals surface area contributed by atoms with Gasteiger partial charge in [0, 0.05) is 29.9 Å². The number of piperidine rings is 1. The van der Waals surface area contributed by atoms with Crippen LogP contribution in [0.4, 0.5) is 0 Å². The molecule has 0 aliphatic carbocycles. The second kappa shape index (κ2) is 10.6. The van der Waals surface area contributed by atoms with E-state index < -0.39 is 15.6 Å². The van der Waals surface area contributed by atoms with Crippen LogP contribution in [-0.4, -0.2) is 47.2 Å². The first-order chi connectivity index (χ1) is 17.1. The Morgan fingerprint density at radius 3 is 2.28 bits per heavy atom. The molecule has 4 rings (SSSR count). The molecule has 0 N–H and O–H groups in total. The van der Waals surface area contributed by atoms with Crippen LogP contribution in [0.5, 0.6) is 0 Å². The molecule has 0 amide bonds. The zero-order valence-corrected chi connectivity index (χ0v) is 22.3. The standard InChI is InChI=1S/C28H35N3O4S/c1-21-24(19-26(32)35-28(2,3)4)27(22-13-7-5-8-14-22)29-31(21)20-23-15-9-10-16-25(23)36(33,34)30-17-11-6-12-18-30/h5,7-10,13-16H,6,11-12,17-20H2,1-4H3. The number of hydrogen-bond donors (Lipinski definition) is 0. The number of nitrogens with zero attached hydrogens (tertiary/aromatic N) is 3. The highest BCUT2D eigenvalue weighted by molar-refractivity contribution is 7.89. The van der Waals surface area contributed by atoms with Crippen LogP contribution in [0.1, 0.15) is 56.9 Å². The molecule has 1 saturated heterocycles. The van der Waals surface area contributed by atoms with Crippen molar-refractivity contribution in [3.8, 4) is 11.3 Å². The molecule has 2 aromatic carbocycles. The van der Waals surface area contributed by atoms with Gasteiger partial charge >= 0.3 is 5.97 Å². The molecule has 192 valence electrons. The van der Waals surface area contributed by atoms with E-state index in [9.17, 15) is 13.2 Å². The van der Waals surface area contributed by atoms with Crippen molar-refractivity contribution in [3.63, 3.8) is 0 Å². The molecule has 0 saturated carbocycles. The van der Waals surface area contributed by atoms with Crippen molar-refractivity contribution >= 4 is 16.0 Å². The number of rotatable bonds is 7. The van der Waals surface area contributed by atoms with E-state index >= 15 is 0 Å². The minimum Gasteiger partial charge on any atom is -0.460 e. The molecular formula is C28H35N3O4S. The van der Waals surface area contributed by atoms with E-state index in [0.29, 0.717) is 29.2 Å². The zero-order valence-electron chi connectivity index (χ0n) is 21.5. The minimum absolute atomic E-state index is 0.0844. The van der Waals surface area contributed by atoms with Gasteiger partial charge in [0.25, 0.3) is 0 Å². The lowest BCUT2D eigenvalue weighted by atomic mass is 10.0. The summed E-state index contributed by atoms with van der Waals surface area (Å²) in [6.45, 7) is 8.84. The summed E-state index contributed by atoms with van der Waals surface area (Å²) in [7, 11) is -3.60. The Hall–Kier alpha value is -2.97. The number of sulfonamides is 1. The summed E-state index contributed by atoms with van der Waals surface area (Å²) in [5.41, 5.74) is 3.28. The van der Waals surface area contributed by atoms with Crippen molar-refractivity contribution in [1.82, 2.24) is 14.1 Å². The van der Waals surface area contributed by atoms with Gasteiger partial charge in [-0.15, -0.1) is 0 Å². The smallest absolute Gasteiger partial charge is 0.310 e. The molecule has 36 heavy (non-hydrogen) atoms. The van der Waals surface area contributed by atoms with E-state index in [2.05, 4.69) is 0 Å². The van der Waals surface area contributed by atoms with Crippen molar-refractivity contribution in [1.29, 1.82) is 0 Å². The number of carbonyl (C=O) groups is 1. The van der Waals surface area contributed by atoms with Crippen LogP contribution in [0.25, 0.3) is 11.3 Å². The normalized spacial score (nSPS) is 15.1. The first kappa shape index (κ1) is 26.1. The van der Waals surface area contributed by atoms with Crippen LogP contribution in [0.15, 0.2) is 59.5 Å². The molecule has 1 aliphatic rings. The van der Waals surface area contributed by atoms with Crippen LogP contribution < -0.4 is 0 Å². The number of aromatic nitrogens is 2. The molecule has 1 aliphatic heterocycles. The Bertz CT molecular complexity index is 1320. The maximum Gasteiger partial charge on any atom is 0.310 e. The maximum absolute atomic E-state index is 13.5. The lowest BCUT2D eigenvalue weighted by molar-refractivity contribution is -0.153. The van der Waals surface area contributed by atoms with E-state index in [1.54, 1.807) is 21.1 Å². The van der Waals surface area contributed by atoms with Crippen molar-refractivity contribution in [2.75, 3.05) is 13.1 Å². The van der Waals surface area contributed by atoms with Crippen LogP contribution >= 0.6 is 0 Å². The topological polar surface area (TPSA) is 81.5 Å². The van der Waals surface area contributed by atoms with Gasteiger partial charge in [0.2, 0.25) is 10.0 Å². The summed E-state index contributed by atoms with van der Waals surface area (Å²) < 4.78 is 36.0. The Kier molecular flexibility index (Phi) is 7.66. The van der Waals surface area contributed by atoms with Crippen molar-refractivity contribution < 1.29 is 17.9 Å². The van der Waals surface area contributed by atoms with Gasteiger partial charge in [0.15, 0.2) is 0 Å². The molecule has 0 spiro atoms. The average molecular weight is 510 g/mol. The zero-order chi connectivity index (χ0) is 25.9. The molecule has 1 fully saturated rings. The van der Waals surface area contributed by atoms with Crippen LogP contribution in [0.3, 0.4) is 0 Å². The molecule has 3 aromatic rings. The monoisotopic (exact) mass is 509 g/mol. The molecule has 0 bridgehead atoms. The van der Waals surface area contributed by atoms with Gasteiger partial charge in [-0.1, -0.05) is 55.0 Å². The molecular weight excluding hydrogens is 474 g/mol. The van der Waals surface area contributed by atoms with Crippen LogP contribution in [-0.2, 0) is 32.5 Å². The van der Waals surface area contributed by atoms with Gasteiger partial charge in [-0.25, -0.2) is 8.42 Å². The highest BCUT2D eigenvalue weighted by Gasteiger charge is 2.29. The van der Waals surface area contributed by atoms with Gasteiger partial charge in [0.1, 0.15) is 5.60 Å². The number of benzene rings is 2. The fourth-order valence-electron chi connectivity index (χ4n) is 4.59. The van der Waals surface area contributed by atoms with Gasteiger partial charge in [-0.2, -0.15) is 9.40 Å². The average Bonchev–Trinajstić information content (AvgIpc) is 3.14. The molecule has 2 heterocycles. The minimum atomic E-state index is -3.60. The third-order valence-electron chi connectivity index (χ3n) is 6.34. The lowest BCUT2D eigenvalue weighted by Crippen LogP contribution is -2.36. The summed E-state index contributed by atoms with van der Waals surface area (Å²) in [6, 6.07) is 16.8. The van der Waals surface area contributed by atoms with Crippen molar-refractivity contribution in [3.05, 3.63) is 71.4 Å². The predicted octanol–water partition coefficient (Wildman–Crippen LogP) is 4.97. The highest BCUT2D eigenvalue weighted by Crippen LogP contribution is 2.29. The third-order valence-corrected chi connectivity index (χ3v) is 8.34. The van der Waals surface area contributed by atoms with E-state index in [4.69, 9.17) is 9.84 Å². The van der Waals surface area contributed by atoms with Gasteiger partial charge < -0.3 is 4.74 Å². The molecule has 1 aromatic heterocycles. The number of hydrogen-bond acceptors (Lipinski definition) is 5. The molecule has 0 unspecified atom stereocenters. The quantitative estimate of drug-likeness (QED) is 0.420. The van der Waals surface area contributed by atoms with E-state index in [-0.39, 0.29) is 18.9 Å². The Morgan fingerprint density at radius 1 is 0.972 bits per heavy atom. The molecule has 7 nitrogen and oxygen atoms in total. The second-order valence-corrected chi connectivity index (χ2v) is 12.2. The van der Waals surface area contributed by atoms with Crippen molar-refractivity contribution in [2.45, 2.75) is 70.4 Å². The number of ether oxygens (including phenoxy) is 1. The first-order valence-corrected chi connectivity index (χ1v) is 13.9. The first-order valence-electron chi connectivity index (χ1n) is 12.5. The predicted molar refractivity (Wildman–Crippen MR) is 140 cm³/mol. The van der Waals surface area contributed by atoms with E-state index in [0.717, 1.165) is 36.1 Å². The maximum atomic E-state index is 13.5. The highest BCUT2D eigenvalue weighted by atomic mass is 32.2. The summed E-state index contributed by atoms with van der Waals surface area (Å²) in [5.74, 6) is -0.324. The fraction of sp³-hybridized carbons (Fsp3) is 0.429. The van der Waals surface area contributed by atoms with Gasteiger partial charge in [-0.3, -0.25) is 9.48 Å². The third kappa shape index (κ3) is 5.87. The summed E-state index contributed by atoms with van der Waals surface area (Å²) >= 11 is 0. The Balaban J connectivity index is 1.72. The fourth-order valence-corrected chi connectivity index (χ4v) is 6.32. The summed E-state index contributed by atoms with van der Waals surface area (Å²) in [4.78, 5) is 13.1. The van der Waals surface area contributed by atoms with Gasteiger partial charge in [-0.05, 0) is 52.2 Å². The Labute approximate surface area is 214 Å². The lowest BCUT2D eigenvalue weighted by Gasteiger charge is -2.26. The van der Waals surface area contributed by atoms with Crippen molar-refractivity contribution in [2.24, 2.45) is 0 Å². The molecule has 0 radical (unpaired) electrons. The second-order valence-electron chi connectivity index (χ2n) is 10.3. The SMILES string of the molecule is Cc1c(CC(=O)OC(C)(C)C)c(-c2ccccc2)nn1Cc1ccccc1S(=O)(=O)N1CCCCC1. The summed E-state index contributed by atoms with van der Waals surface area (Å²) in [5, 5.41) is 4.86. The number of carbonyl (C=O) groups excluding carboxylic acids is 1. The van der Waals surface area contributed by atoms with E-state index in [1.165, 1.54) is 0 Å². The van der Waals surface area contributed by atoms with E-state index in [1.807, 2.05) is 70.2 Å². The largest absolute Gasteiger partial charge is 0.460 e. The van der Waals surface area contributed by atoms with Crippen LogP contribution in [0.2, 0.25) is 0 Å². The van der Waals surface area contributed by atoms with Crippen LogP contribution in [0, 0.1) is 6.92 Å². The summed E-state index contributed by atoms with van der Waals surface area (Å²) in [6.07, 6.45) is 2.91. The Morgan fingerprint density at radius 2 is 1.61 bits per heavy atom. The number of esters is 1. The van der Waals surface area contributed by atoms with Gasteiger partial charge in [0.05, 0.1) is 23.6 Å².